The zero-order valence-electron chi connectivity index (χ0n) is 11.7. The maximum atomic E-state index is 11.1. The quantitative estimate of drug-likeness (QED) is 0.575. The minimum Gasteiger partial charge on any atom is -0.545 e. The smallest absolute Gasteiger partial charge is 0.216 e. The van der Waals surface area contributed by atoms with Gasteiger partial charge in [0.25, 0.3) is 0 Å². The van der Waals surface area contributed by atoms with Crippen molar-refractivity contribution in [3.05, 3.63) is 64.7 Å². The van der Waals surface area contributed by atoms with Crippen LogP contribution in [-0.2, 0) is 0 Å². The lowest BCUT2D eigenvalue weighted by molar-refractivity contribution is -0.255. The number of carboxylic acid groups (broad SMARTS) is 1. The Morgan fingerprint density at radius 3 is 2.87 bits per heavy atom. The van der Waals surface area contributed by atoms with E-state index in [9.17, 15) is 9.90 Å². The topological polar surface area (TPSA) is 99.0 Å². The van der Waals surface area contributed by atoms with E-state index in [4.69, 9.17) is 12.2 Å². The van der Waals surface area contributed by atoms with Crippen LogP contribution in [0.15, 0.2) is 53.9 Å². The lowest BCUT2D eigenvalue weighted by atomic mass is 10.1. The number of carbonyl (C=O) groups is 1. The van der Waals surface area contributed by atoms with Crippen LogP contribution in [-0.4, -0.2) is 32.0 Å². The zero-order chi connectivity index (χ0) is 16.2. The highest BCUT2D eigenvalue weighted by molar-refractivity contribution is 7.71. The number of benzene rings is 1. The van der Waals surface area contributed by atoms with E-state index in [1.165, 1.54) is 17.0 Å². The van der Waals surface area contributed by atoms with Gasteiger partial charge in [-0.15, -0.1) is 0 Å². The number of nitrogens with zero attached hydrogens (tertiary/aromatic N) is 4. The standard InChI is InChI=1S/C15H11N5O2S/c21-14(22)12-6-2-1-4-10(12)9-17-20-13(18-19-15(20)23)11-5-3-7-16-8-11/h1-9H,(H,19,23)(H,21,22)/p-1. The van der Waals surface area contributed by atoms with Crippen molar-refractivity contribution in [1.29, 1.82) is 0 Å². The fraction of sp³-hybridized carbons (Fsp3) is 0. The van der Waals surface area contributed by atoms with E-state index in [-0.39, 0.29) is 10.3 Å². The molecular weight excluding hydrogens is 314 g/mol. The summed E-state index contributed by atoms with van der Waals surface area (Å²) >= 11 is 5.15. The number of carbonyl (C=O) groups excluding carboxylic acids is 1. The Hall–Kier alpha value is -3.13. The molecule has 0 spiro atoms. The van der Waals surface area contributed by atoms with Gasteiger partial charge in [-0.2, -0.15) is 14.9 Å². The number of nitrogens with one attached hydrogen (secondary N) is 1. The molecule has 0 aliphatic carbocycles. The van der Waals surface area contributed by atoms with Crippen LogP contribution < -0.4 is 5.11 Å². The van der Waals surface area contributed by atoms with E-state index in [1.54, 1.807) is 36.7 Å². The van der Waals surface area contributed by atoms with Crippen LogP contribution in [0.3, 0.4) is 0 Å². The SMILES string of the molecule is O=C([O-])c1ccccc1C=Nn1c(-c2cccnc2)n[nH]c1=S. The molecule has 0 bridgehead atoms. The molecule has 114 valence electrons. The summed E-state index contributed by atoms with van der Waals surface area (Å²) < 4.78 is 1.68. The number of aromatic amines is 1. The number of rotatable bonds is 4. The maximum Gasteiger partial charge on any atom is 0.216 e. The van der Waals surface area contributed by atoms with Gasteiger partial charge < -0.3 is 9.90 Å². The lowest BCUT2D eigenvalue weighted by Gasteiger charge is -2.06. The molecule has 3 rings (SSSR count). The molecule has 2 aromatic heterocycles. The highest BCUT2D eigenvalue weighted by atomic mass is 32.1. The first kappa shape index (κ1) is 14.8. The average molecular weight is 324 g/mol. The summed E-state index contributed by atoms with van der Waals surface area (Å²) in [5, 5.41) is 22.1. The molecule has 0 atom stereocenters. The predicted octanol–water partition coefficient (Wildman–Crippen LogP) is 1.25. The Kier molecular flexibility index (Phi) is 4.07. The molecule has 1 aromatic carbocycles. The van der Waals surface area contributed by atoms with Crippen LogP contribution in [0.1, 0.15) is 15.9 Å². The molecule has 23 heavy (non-hydrogen) atoms. The summed E-state index contributed by atoms with van der Waals surface area (Å²) in [5.41, 5.74) is 1.19. The molecule has 7 nitrogen and oxygen atoms in total. The number of H-pyrrole nitrogens is 1. The van der Waals surface area contributed by atoms with Gasteiger partial charge in [-0.3, -0.25) is 4.98 Å². The summed E-state index contributed by atoms with van der Waals surface area (Å²) in [6.07, 6.45) is 4.68. The van der Waals surface area contributed by atoms with Gasteiger partial charge in [-0.05, 0) is 24.4 Å². The fourth-order valence-corrected chi connectivity index (χ4v) is 2.18. The van der Waals surface area contributed by atoms with E-state index in [0.29, 0.717) is 11.4 Å². The van der Waals surface area contributed by atoms with Crippen molar-refractivity contribution < 1.29 is 9.90 Å². The fourth-order valence-electron chi connectivity index (χ4n) is 2.00. The van der Waals surface area contributed by atoms with Gasteiger partial charge in [0.05, 0.1) is 12.2 Å². The second-order valence-corrected chi connectivity index (χ2v) is 4.91. The normalized spacial score (nSPS) is 11.0. The molecule has 0 saturated carbocycles. The molecule has 0 aliphatic rings. The molecule has 0 radical (unpaired) electrons. The molecule has 8 heteroatoms. The number of pyridine rings is 1. The summed E-state index contributed by atoms with van der Waals surface area (Å²) in [6.45, 7) is 0. The number of carboxylic acids is 1. The Morgan fingerprint density at radius 1 is 1.30 bits per heavy atom. The average Bonchev–Trinajstić information content (AvgIpc) is 2.94. The maximum absolute atomic E-state index is 11.1. The molecule has 1 N–H and O–H groups in total. The van der Waals surface area contributed by atoms with E-state index < -0.39 is 5.97 Å². The summed E-state index contributed by atoms with van der Waals surface area (Å²) in [4.78, 5) is 15.1. The van der Waals surface area contributed by atoms with E-state index >= 15 is 0 Å². The molecule has 0 saturated heterocycles. The van der Waals surface area contributed by atoms with Crippen molar-refractivity contribution in [2.24, 2.45) is 5.10 Å². The summed E-state index contributed by atoms with van der Waals surface area (Å²) in [5.74, 6) is -0.791. The second kappa shape index (κ2) is 6.32. The van der Waals surface area contributed by atoms with Gasteiger partial charge in [-0.1, -0.05) is 24.3 Å². The highest BCUT2D eigenvalue weighted by Crippen LogP contribution is 2.15. The molecular formula is C15H10N5O2S-. The van der Waals surface area contributed by atoms with Crippen molar-refractivity contribution in [3.8, 4) is 11.4 Å². The predicted molar refractivity (Wildman–Crippen MR) is 84.4 cm³/mol. The minimum absolute atomic E-state index is 0.0502. The van der Waals surface area contributed by atoms with Crippen molar-refractivity contribution >= 4 is 24.4 Å². The molecule has 0 fully saturated rings. The van der Waals surface area contributed by atoms with Crippen molar-refractivity contribution in [2.45, 2.75) is 0 Å². The zero-order valence-corrected chi connectivity index (χ0v) is 12.5. The Balaban J connectivity index is 2.04. The molecule has 0 aliphatic heterocycles. The first-order valence-corrected chi connectivity index (χ1v) is 7.00. The van der Waals surface area contributed by atoms with Crippen molar-refractivity contribution in [3.63, 3.8) is 0 Å². The summed E-state index contributed by atoms with van der Waals surface area (Å²) in [7, 11) is 0. The van der Waals surface area contributed by atoms with Gasteiger partial charge in [0.1, 0.15) is 0 Å². The Labute approximate surface area is 136 Å². The van der Waals surface area contributed by atoms with Gasteiger partial charge in [0, 0.05) is 29.1 Å². The third-order valence-corrected chi connectivity index (χ3v) is 3.33. The van der Waals surface area contributed by atoms with Crippen LogP contribution in [0.2, 0.25) is 0 Å². The van der Waals surface area contributed by atoms with E-state index in [2.05, 4.69) is 20.3 Å². The van der Waals surface area contributed by atoms with E-state index in [1.807, 2.05) is 6.07 Å². The highest BCUT2D eigenvalue weighted by Gasteiger charge is 2.08. The first-order chi connectivity index (χ1) is 11.2. The van der Waals surface area contributed by atoms with Crippen LogP contribution >= 0.6 is 12.2 Å². The third-order valence-electron chi connectivity index (χ3n) is 3.06. The Bertz CT molecular complexity index is 930. The van der Waals surface area contributed by atoms with Crippen LogP contribution in [0.25, 0.3) is 11.4 Å². The first-order valence-electron chi connectivity index (χ1n) is 6.59. The van der Waals surface area contributed by atoms with Crippen molar-refractivity contribution in [2.75, 3.05) is 0 Å². The third kappa shape index (κ3) is 3.06. The number of hydrogen-bond acceptors (Lipinski definition) is 6. The van der Waals surface area contributed by atoms with Crippen LogP contribution in [0.5, 0.6) is 0 Å². The molecule has 0 unspecified atom stereocenters. The van der Waals surface area contributed by atoms with Crippen LogP contribution in [0.4, 0.5) is 0 Å². The number of aromatic nitrogens is 4. The van der Waals surface area contributed by atoms with Gasteiger partial charge >= 0.3 is 0 Å². The molecule has 3 aromatic rings. The van der Waals surface area contributed by atoms with E-state index in [0.717, 1.165) is 5.56 Å². The van der Waals surface area contributed by atoms with Crippen molar-refractivity contribution in [1.82, 2.24) is 19.9 Å². The van der Waals surface area contributed by atoms with Gasteiger partial charge in [0.15, 0.2) is 5.82 Å². The minimum atomic E-state index is -1.27. The molecule has 0 amide bonds. The lowest BCUT2D eigenvalue weighted by Crippen LogP contribution is -2.23. The monoisotopic (exact) mass is 324 g/mol. The Morgan fingerprint density at radius 2 is 2.13 bits per heavy atom. The molecule has 2 heterocycles. The van der Waals surface area contributed by atoms with Gasteiger partial charge in [-0.25, -0.2) is 5.10 Å². The number of hydrogen-bond donors (Lipinski definition) is 1. The number of aromatic carboxylic acids is 1. The second-order valence-electron chi connectivity index (χ2n) is 4.53. The largest absolute Gasteiger partial charge is 0.545 e. The van der Waals surface area contributed by atoms with Gasteiger partial charge in [0.2, 0.25) is 4.77 Å². The van der Waals surface area contributed by atoms with Crippen LogP contribution in [0, 0.1) is 4.77 Å². The summed E-state index contributed by atoms with van der Waals surface area (Å²) in [6, 6.07) is 10.00.